The summed E-state index contributed by atoms with van der Waals surface area (Å²) < 4.78 is 0. The van der Waals surface area contributed by atoms with Crippen molar-refractivity contribution in [2.24, 2.45) is 5.73 Å². The van der Waals surface area contributed by atoms with E-state index >= 15 is 0 Å². The van der Waals surface area contributed by atoms with E-state index in [0.717, 1.165) is 12.2 Å². The van der Waals surface area contributed by atoms with E-state index in [-0.39, 0.29) is 5.91 Å². The zero-order chi connectivity index (χ0) is 9.26. The Morgan fingerprint density at radius 2 is 2.31 bits per heavy atom. The van der Waals surface area contributed by atoms with Crippen molar-refractivity contribution in [3.05, 3.63) is 29.3 Å². The van der Waals surface area contributed by atoms with Crippen LogP contribution in [0.2, 0.25) is 0 Å². The van der Waals surface area contributed by atoms with Crippen molar-refractivity contribution in [3.8, 4) is 0 Å². The van der Waals surface area contributed by atoms with Gasteiger partial charge < -0.3 is 5.73 Å². The Hall–Kier alpha value is -0.960. The second kappa shape index (κ2) is 3.42. The molecule has 0 bridgehead atoms. The maximum atomic E-state index is 10.9. The number of fused-ring (bicyclic) bond motifs is 1. The van der Waals surface area contributed by atoms with E-state index in [1.54, 1.807) is 0 Å². The number of primary amides is 1. The molecule has 1 aromatic carbocycles. The lowest BCUT2D eigenvalue weighted by Gasteiger charge is -2.14. The Bertz CT molecular complexity index is 349. The molecule has 3 heteroatoms. The topological polar surface area (TPSA) is 43.1 Å². The largest absolute Gasteiger partial charge is 0.366 e. The van der Waals surface area contributed by atoms with Crippen LogP contribution in [0.1, 0.15) is 22.3 Å². The molecule has 0 fully saturated rings. The average Bonchev–Trinajstić information content (AvgIpc) is 2.17. The van der Waals surface area contributed by atoms with E-state index in [1.807, 2.05) is 30.0 Å². The number of aryl methyl sites for hydroxylation is 1. The normalized spacial score (nSPS) is 15.1. The van der Waals surface area contributed by atoms with Crippen molar-refractivity contribution in [3.63, 3.8) is 0 Å². The Morgan fingerprint density at radius 1 is 1.46 bits per heavy atom. The number of nitrogens with two attached hydrogens (primary N) is 1. The first kappa shape index (κ1) is 8.63. The van der Waals surface area contributed by atoms with Gasteiger partial charge in [0.1, 0.15) is 0 Å². The van der Waals surface area contributed by atoms with Gasteiger partial charge in [0.25, 0.3) is 0 Å². The van der Waals surface area contributed by atoms with Gasteiger partial charge in [-0.2, -0.15) is 0 Å². The molecule has 0 aliphatic carbocycles. The second-order valence-electron chi connectivity index (χ2n) is 3.14. The van der Waals surface area contributed by atoms with Gasteiger partial charge in [-0.1, -0.05) is 6.07 Å². The lowest BCUT2D eigenvalue weighted by Crippen LogP contribution is -2.11. The molecule has 2 nitrogen and oxygen atoms in total. The summed E-state index contributed by atoms with van der Waals surface area (Å²) in [5, 5.41) is 0. The average molecular weight is 193 g/mol. The van der Waals surface area contributed by atoms with Crippen LogP contribution in [0.25, 0.3) is 0 Å². The van der Waals surface area contributed by atoms with Crippen molar-refractivity contribution in [1.29, 1.82) is 0 Å². The summed E-state index contributed by atoms with van der Waals surface area (Å²) in [5.41, 5.74) is 7.17. The number of thioether (sulfide) groups is 1. The van der Waals surface area contributed by atoms with E-state index in [1.165, 1.54) is 16.9 Å². The lowest BCUT2D eigenvalue weighted by molar-refractivity contribution is 0.1000. The van der Waals surface area contributed by atoms with Gasteiger partial charge in [0.2, 0.25) is 5.91 Å². The molecule has 1 aromatic rings. The van der Waals surface area contributed by atoms with Crippen LogP contribution in [0.5, 0.6) is 0 Å². The minimum atomic E-state index is -0.339. The fraction of sp³-hybridized carbons (Fsp3) is 0.300. The lowest BCUT2D eigenvalue weighted by atomic mass is 10.1. The van der Waals surface area contributed by atoms with E-state index in [2.05, 4.69) is 0 Å². The predicted molar refractivity (Wildman–Crippen MR) is 54.0 cm³/mol. The van der Waals surface area contributed by atoms with Crippen molar-refractivity contribution in [1.82, 2.24) is 0 Å². The van der Waals surface area contributed by atoms with Gasteiger partial charge in [-0.05, 0) is 36.3 Å². The highest BCUT2D eigenvalue weighted by molar-refractivity contribution is 7.99. The van der Waals surface area contributed by atoms with E-state index in [9.17, 15) is 4.79 Å². The van der Waals surface area contributed by atoms with Crippen LogP contribution in [0.3, 0.4) is 0 Å². The van der Waals surface area contributed by atoms with Crippen LogP contribution in [0, 0.1) is 0 Å². The second-order valence-corrected chi connectivity index (χ2v) is 4.28. The standard InChI is InChI=1S/C10H11NOS/c11-10(12)8-4-3-7-2-1-5-13-9(7)6-8/h3-4,6H,1-2,5H2,(H2,11,12). The number of benzene rings is 1. The highest BCUT2D eigenvalue weighted by Gasteiger charge is 2.11. The molecular formula is C10H11NOS. The van der Waals surface area contributed by atoms with E-state index < -0.39 is 0 Å². The third-order valence-electron chi connectivity index (χ3n) is 2.20. The van der Waals surface area contributed by atoms with Crippen LogP contribution in [0.15, 0.2) is 23.1 Å². The summed E-state index contributed by atoms with van der Waals surface area (Å²) in [7, 11) is 0. The zero-order valence-corrected chi connectivity index (χ0v) is 8.06. The van der Waals surface area contributed by atoms with E-state index in [4.69, 9.17) is 5.73 Å². The van der Waals surface area contributed by atoms with Gasteiger partial charge in [-0.25, -0.2) is 0 Å². The minimum absolute atomic E-state index is 0.339. The summed E-state index contributed by atoms with van der Waals surface area (Å²) in [6, 6.07) is 5.73. The first-order valence-electron chi connectivity index (χ1n) is 4.33. The molecule has 0 saturated carbocycles. The SMILES string of the molecule is NC(=O)c1ccc2c(c1)SCCC2. The van der Waals surface area contributed by atoms with Gasteiger partial charge in [0, 0.05) is 10.5 Å². The molecule has 0 saturated heterocycles. The molecule has 1 aliphatic heterocycles. The van der Waals surface area contributed by atoms with Crippen molar-refractivity contribution in [2.45, 2.75) is 17.7 Å². The molecule has 2 rings (SSSR count). The fourth-order valence-corrected chi connectivity index (χ4v) is 2.57. The number of carbonyl (C=O) groups is 1. The highest BCUT2D eigenvalue weighted by atomic mass is 32.2. The fourth-order valence-electron chi connectivity index (χ4n) is 1.49. The molecule has 1 heterocycles. The quantitative estimate of drug-likeness (QED) is 0.739. The van der Waals surface area contributed by atoms with Crippen LogP contribution < -0.4 is 5.73 Å². The number of hydrogen-bond donors (Lipinski definition) is 1. The van der Waals surface area contributed by atoms with Crippen molar-refractivity contribution in [2.75, 3.05) is 5.75 Å². The third kappa shape index (κ3) is 1.70. The Balaban J connectivity index is 2.40. The molecule has 13 heavy (non-hydrogen) atoms. The monoisotopic (exact) mass is 193 g/mol. The Morgan fingerprint density at radius 3 is 3.08 bits per heavy atom. The Labute approximate surface area is 81.5 Å². The van der Waals surface area contributed by atoms with E-state index in [0.29, 0.717) is 5.56 Å². The molecule has 0 unspecified atom stereocenters. The molecule has 0 aromatic heterocycles. The maximum absolute atomic E-state index is 10.9. The number of carbonyl (C=O) groups excluding carboxylic acids is 1. The van der Waals surface area contributed by atoms with Crippen LogP contribution >= 0.6 is 11.8 Å². The summed E-state index contributed by atoms with van der Waals surface area (Å²) in [6.45, 7) is 0. The summed E-state index contributed by atoms with van der Waals surface area (Å²) in [5.74, 6) is 0.809. The van der Waals surface area contributed by atoms with Gasteiger partial charge in [-0.3, -0.25) is 4.79 Å². The zero-order valence-electron chi connectivity index (χ0n) is 7.25. The smallest absolute Gasteiger partial charge is 0.248 e. The van der Waals surface area contributed by atoms with Gasteiger partial charge in [-0.15, -0.1) is 11.8 Å². The molecule has 0 atom stereocenters. The molecule has 0 spiro atoms. The number of amides is 1. The minimum Gasteiger partial charge on any atom is -0.366 e. The molecule has 1 aliphatic rings. The number of rotatable bonds is 1. The first-order valence-corrected chi connectivity index (χ1v) is 5.31. The Kier molecular flexibility index (Phi) is 2.27. The van der Waals surface area contributed by atoms with Crippen LogP contribution in [-0.4, -0.2) is 11.7 Å². The molecular weight excluding hydrogens is 182 g/mol. The predicted octanol–water partition coefficient (Wildman–Crippen LogP) is 1.82. The van der Waals surface area contributed by atoms with Crippen LogP contribution in [0.4, 0.5) is 0 Å². The van der Waals surface area contributed by atoms with Crippen molar-refractivity contribution >= 4 is 17.7 Å². The maximum Gasteiger partial charge on any atom is 0.248 e. The number of hydrogen-bond acceptors (Lipinski definition) is 2. The van der Waals surface area contributed by atoms with Gasteiger partial charge in [0.15, 0.2) is 0 Å². The van der Waals surface area contributed by atoms with Gasteiger partial charge in [0.05, 0.1) is 0 Å². The van der Waals surface area contributed by atoms with Crippen LogP contribution in [-0.2, 0) is 6.42 Å². The molecule has 0 radical (unpaired) electrons. The third-order valence-corrected chi connectivity index (χ3v) is 3.38. The highest BCUT2D eigenvalue weighted by Crippen LogP contribution is 2.30. The molecule has 2 N–H and O–H groups in total. The van der Waals surface area contributed by atoms with Gasteiger partial charge >= 0.3 is 0 Å². The first-order chi connectivity index (χ1) is 6.27. The molecule has 68 valence electrons. The summed E-state index contributed by atoms with van der Waals surface area (Å²) >= 11 is 1.81. The summed E-state index contributed by atoms with van der Waals surface area (Å²) in [4.78, 5) is 12.1. The summed E-state index contributed by atoms with van der Waals surface area (Å²) in [6.07, 6.45) is 2.36. The van der Waals surface area contributed by atoms with Crippen molar-refractivity contribution < 1.29 is 4.79 Å². The molecule has 1 amide bonds.